The molecule has 1 aliphatic carbocycles. The van der Waals surface area contributed by atoms with Crippen molar-refractivity contribution >= 4 is 11.3 Å². The van der Waals surface area contributed by atoms with Crippen LogP contribution in [-0.4, -0.2) is 4.98 Å². The third-order valence-electron chi connectivity index (χ3n) is 3.32. The van der Waals surface area contributed by atoms with E-state index in [1.807, 2.05) is 11.6 Å². The highest BCUT2D eigenvalue weighted by molar-refractivity contribution is 7.10. The molecule has 0 amide bonds. The first-order valence-electron chi connectivity index (χ1n) is 5.58. The molecule has 1 aliphatic rings. The largest absolute Gasteiger partial charge is 0.317 e. The molecule has 1 heterocycles. The van der Waals surface area contributed by atoms with Gasteiger partial charge >= 0.3 is 0 Å². The number of hydrogen-bond donors (Lipinski definition) is 1. The topological polar surface area (TPSA) is 38.9 Å². The summed E-state index contributed by atoms with van der Waals surface area (Å²) in [5, 5.41) is 0. The van der Waals surface area contributed by atoms with Gasteiger partial charge in [-0.2, -0.15) is 0 Å². The Labute approximate surface area is 99.1 Å². The van der Waals surface area contributed by atoms with Gasteiger partial charge in [0.15, 0.2) is 0 Å². The lowest BCUT2D eigenvalue weighted by Crippen LogP contribution is -2.40. The number of rotatable bonds is 1. The Hall–Kier alpha value is -1.19. The van der Waals surface area contributed by atoms with Gasteiger partial charge in [-0.1, -0.05) is 30.3 Å². The molecule has 0 fully saturated rings. The van der Waals surface area contributed by atoms with E-state index in [1.54, 1.807) is 11.3 Å². The molecule has 2 nitrogen and oxygen atoms in total. The Balaban J connectivity index is 2.14. The number of fused-ring (bicyclic) bond motifs is 1. The lowest BCUT2D eigenvalue weighted by Gasteiger charge is -2.33. The normalized spacial score (nSPS) is 24.1. The molecular weight excluding hydrogens is 216 g/mol. The fourth-order valence-corrected chi connectivity index (χ4v) is 3.48. The van der Waals surface area contributed by atoms with E-state index in [-0.39, 0.29) is 5.54 Å². The van der Waals surface area contributed by atoms with Crippen molar-refractivity contribution < 1.29 is 0 Å². The Morgan fingerprint density at radius 1 is 1.25 bits per heavy atom. The van der Waals surface area contributed by atoms with E-state index in [0.29, 0.717) is 0 Å². The Kier molecular flexibility index (Phi) is 2.30. The zero-order chi connectivity index (χ0) is 11.0. The Morgan fingerprint density at radius 2 is 2.06 bits per heavy atom. The molecule has 2 N–H and O–H groups in total. The molecule has 3 rings (SSSR count). The monoisotopic (exact) mass is 230 g/mol. The van der Waals surface area contributed by atoms with Crippen LogP contribution < -0.4 is 5.73 Å². The van der Waals surface area contributed by atoms with E-state index in [4.69, 9.17) is 5.73 Å². The molecule has 1 aromatic carbocycles. The van der Waals surface area contributed by atoms with Gasteiger partial charge in [0.1, 0.15) is 0 Å². The zero-order valence-corrected chi connectivity index (χ0v) is 9.83. The van der Waals surface area contributed by atoms with Crippen molar-refractivity contribution in [3.8, 4) is 0 Å². The summed E-state index contributed by atoms with van der Waals surface area (Å²) in [7, 11) is 0. The zero-order valence-electron chi connectivity index (χ0n) is 9.02. The second kappa shape index (κ2) is 3.68. The summed E-state index contributed by atoms with van der Waals surface area (Å²) in [5.41, 5.74) is 10.6. The smallest absolute Gasteiger partial charge is 0.0798 e. The quantitative estimate of drug-likeness (QED) is 0.818. The van der Waals surface area contributed by atoms with Crippen LogP contribution in [0.2, 0.25) is 0 Å². The van der Waals surface area contributed by atoms with Gasteiger partial charge in [0, 0.05) is 0 Å². The van der Waals surface area contributed by atoms with E-state index >= 15 is 0 Å². The highest BCUT2D eigenvalue weighted by Gasteiger charge is 2.36. The summed E-state index contributed by atoms with van der Waals surface area (Å²) < 4.78 is 0. The van der Waals surface area contributed by atoms with Crippen molar-refractivity contribution in [1.82, 2.24) is 4.98 Å². The highest BCUT2D eigenvalue weighted by atomic mass is 32.1. The lowest BCUT2D eigenvalue weighted by atomic mass is 9.79. The standard InChI is InChI=1S/C13H14N2S/c14-13(10-5-2-1-3-6-10)8-4-7-11-12(13)16-9-15-11/h1-3,5-6,9H,4,7-8,14H2. The minimum atomic E-state index is -0.310. The average molecular weight is 230 g/mol. The number of nitrogens with two attached hydrogens (primary N) is 1. The summed E-state index contributed by atoms with van der Waals surface area (Å²) >= 11 is 1.69. The van der Waals surface area contributed by atoms with Crippen molar-refractivity contribution in [1.29, 1.82) is 0 Å². The number of hydrogen-bond acceptors (Lipinski definition) is 3. The summed E-state index contributed by atoms with van der Waals surface area (Å²) in [6, 6.07) is 10.4. The van der Waals surface area contributed by atoms with E-state index in [1.165, 1.54) is 16.1 Å². The van der Waals surface area contributed by atoms with Crippen LogP contribution in [0, 0.1) is 0 Å². The SMILES string of the molecule is NC1(c2ccccc2)CCCc2ncsc21. The van der Waals surface area contributed by atoms with Gasteiger partial charge in [-0.3, -0.25) is 0 Å². The van der Waals surface area contributed by atoms with Crippen molar-refractivity contribution in [3.05, 3.63) is 52.0 Å². The second-order valence-electron chi connectivity index (χ2n) is 4.32. The maximum atomic E-state index is 6.61. The van der Waals surface area contributed by atoms with Gasteiger partial charge in [-0.15, -0.1) is 11.3 Å². The van der Waals surface area contributed by atoms with E-state index in [0.717, 1.165) is 19.3 Å². The highest BCUT2D eigenvalue weighted by Crippen LogP contribution is 2.40. The molecule has 0 radical (unpaired) electrons. The van der Waals surface area contributed by atoms with Crippen LogP contribution in [0.3, 0.4) is 0 Å². The Bertz CT molecular complexity index is 492. The van der Waals surface area contributed by atoms with Crippen LogP contribution >= 0.6 is 11.3 Å². The predicted molar refractivity (Wildman–Crippen MR) is 66.5 cm³/mol. The number of benzene rings is 1. The van der Waals surface area contributed by atoms with Crippen molar-refractivity contribution in [2.24, 2.45) is 5.73 Å². The van der Waals surface area contributed by atoms with E-state index in [2.05, 4.69) is 29.2 Å². The van der Waals surface area contributed by atoms with E-state index in [9.17, 15) is 0 Å². The molecule has 16 heavy (non-hydrogen) atoms. The van der Waals surface area contributed by atoms with Gasteiger partial charge in [-0.25, -0.2) is 4.98 Å². The van der Waals surface area contributed by atoms with Gasteiger partial charge in [-0.05, 0) is 24.8 Å². The van der Waals surface area contributed by atoms with Gasteiger partial charge in [0.05, 0.1) is 21.6 Å². The number of aromatic nitrogens is 1. The first kappa shape index (κ1) is 10.00. The molecule has 3 heteroatoms. The lowest BCUT2D eigenvalue weighted by molar-refractivity contribution is 0.448. The molecular formula is C13H14N2S. The molecule has 82 valence electrons. The maximum absolute atomic E-state index is 6.61. The Morgan fingerprint density at radius 3 is 2.88 bits per heavy atom. The maximum Gasteiger partial charge on any atom is 0.0798 e. The summed E-state index contributed by atoms with van der Waals surface area (Å²) in [4.78, 5) is 5.67. The summed E-state index contributed by atoms with van der Waals surface area (Å²) in [6.45, 7) is 0. The minimum absolute atomic E-state index is 0.310. The van der Waals surface area contributed by atoms with Crippen LogP contribution in [0.15, 0.2) is 35.8 Å². The summed E-state index contributed by atoms with van der Waals surface area (Å²) in [5.74, 6) is 0. The molecule has 0 spiro atoms. The molecule has 1 aromatic heterocycles. The fourth-order valence-electron chi connectivity index (χ4n) is 2.47. The van der Waals surface area contributed by atoms with Crippen LogP contribution in [0.25, 0.3) is 0 Å². The van der Waals surface area contributed by atoms with Gasteiger partial charge < -0.3 is 5.73 Å². The molecule has 2 aromatic rings. The van der Waals surface area contributed by atoms with Crippen LogP contribution in [0.5, 0.6) is 0 Å². The molecule has 0 saturated carbocycles. The third kappa shape index (κ3) is 1.39. The summed E-state index contributed by atoms with van der Waals surface area (Å²) in [6.07, 6.45) is 3.22. The first-order valence-corrected chi connectivity index (χ1v) is 6.46. The first-order chi connectivity index (χ1) is 7.81. The molecule has 0 saturated heterocycles. The molecule has 0 aliphatic heterocycles. The van der Waals surface area contributed by atoms with Crippen molar-refractivity contribution in [2.45, 2.75) is 24.8 Å². The number of thiazole rings is 1. The minimum Gasteiger partial charge on any atom is -0.317 e. The van der Waals surface area contributed by atoms with Crippen LogP contribution in [0.4, 0.5) is 0 Å². The number of aryl methyl sites for hydroxylation is 1. The van der Waals surface area contributed by atoms with Gasteiger partial charge in [0.2, 0.25) is 0 Å². The van der Waals surface area contributed by atoms with Gasteiger partial charge in [0.25, 0.3) is 0 Å². The molecule has 1 unspecified atom stereocenters. The second-order valence-corrected chi connectivity index (χ2v) is 5.17. The molecule has 1 atom stereocenters. The van der Waals surface area contributed by atoms with Crippen LogP contribution in [-0.2, 0) is 12.0 Å². The van der Waals surface area contributed by atoms with Crippen molar-refractivity contribution in [2.75, 3.05) is 0 Å². The molecule has 0 bridgehead atoms. The fraction of sp³-hybridized carbons (Fsp3) is 0.308. The average Bonchev–Trinajstić information content (AvgIpc) is 2.80. The van der Waals surface area contributed by atoms with Crippen molar-refractivity contribution in [3.63, 3.8) is 0 Å². The van der Waals surface area contributed by atoms with E-state index < -0.39 is 0 Å². The third-order valence-corrected chi connectivity index (χ3v) is 4.37. The number of nitrogens with zero attached hydrogens (tertiary/aromatic N) is 1. The van der Waals surface area contributed by atoms with Crippen LogP contribution in [0.1, 0.15) is 29.0 Å². The predicted octanol–water partition coefficient (Wildman–Crippen LogP) is 2.68.